The van der Waals surface area contributed by atoms with E-state index < -0.39 is 5.91 Å². The van der Waals surface area contributed by atoms with Crippen LogP contribution in [0.3, 0.4) is 0 Å². The molecule has 5 nitrogen and oxygen atoms in total. The van der Waals surface area contributed by atoms with Crippen molar-refractivity contribution in [3.8, 4) is 22.8 Å². The Kier molecular flexibility index (Phi) is 6.12. The number of halogens is 1. The Labute approximate surface area is 185 Å². The summed E-state index contributed by atoms with van der Waals surface area (Å²) in [6.45, 7) is 0.559. The normalized spacial score (nSPS) is 10.6. The van der Waals surface area contributed by atoms with Gasteiger partial charge in [-0.3, -0.25) is 4.79 Å². The highest BCUT2D eigenvalue weighted by molar-refractivity contribution is 5.91. The van der Waals surface area contributed by atoms with Crippen LogP contribution in [0.25, 0.3) is 11.3 Å². The predicted octanol–water partition coefficient (Wildman–Crippen LogP) is 5.42. The number of para-hydroxylation sites is 1. The fourth-order valence-electron chi connectivity index (χ4n) is 3.35. The van der Waals surface area contributed by atoms with Crippen LogP contribution in [0.4, 0.5) is 10.1 Å². The number of hydrogen-bond donors (Lipinski definition) is 1. The van der Waals surface area contributed by atoms with E-state index in [1.807, 2.05) is 61.6 Å². The first-order valence-electron chi connectivity index (χ1n) is 10.1. The van der Waals surface area contributed by atoms with Gasteiger partial charge in [0.05, 0.1) is 5.69 Å². The highest BCUT2D eigenvalue weighted by atomic mass is 19.1. The number of carbonyl (C=O) groups is 1. The van der Waals surface area contributed by atoms with Gasteiger partial charge in [-0.15, -0.1) is 0 Å². The van der Waals surface area contributed by atoms with Crippen molar-refractivity contribution in [3.05, 3.63) is 108 Å². The molecule has 0 saturated carbocycles. The summed E-state index contributed by atoms with van der Waals surface area (Å²) in [6, 6.07) is 26.8. The van der Waals surface area contributed by atoms with E-state index in [1.54, 1.807) is 24.3 Å². The van der Waals surface area contributed by atoms with E-state index in [0.717, 1.165) is 16.8 Å². The van der Waals surface area contributed by atoms with Crippen LogP contribution in [0.1, 0.15) is 16.1 Å². The quantitative estimate of drug-likeness (QED) is 0.428. The smallest absolute Gasteiger partial charge is 0.267 e. The summed E-state index contributed by atoms with van der Waals surface area (Å²) in [6.07, 6.45) is 0. The number of nitrogens with two attached hydrogens (primary N) is 1. The molecule has 3 aromatic carbocycles. The Balaban J connectivity index is 1.71. The van der Waals surface area contributed by atoms with E-state index in [1.165, 1.54) is 12.1 Å². The lowest BCUT2D eigenvalue weighted by atomic mass is 10.1. The van der Waals surface area contributed by atoms with Crippen LogP contribution >= 0.6 is 0 Å². The van der Waals surface area contributed by atoms with Gasteiger partial charge < -0.3 is 15.4 Å². The van der Waals surface area contributed by atoms with Crippen molar-refractivity contribution in [3.63, 3.8) is 0 Å². The minimum atomic E-state index is -0.577. The van der Waals surface area contributed by atoms with Gasteiger partial charge in [-0.05, 0) is 66.7 Å². The molecule has 0 spiro atoms. The number of primary amides is 1. The average Bonchev–Trinajstić information content (AvgIpc) is 2.82. The van der Waals surface area contributed by atoms with Crippen molar-refractivity contribution in [2.75, 3.05) is 11.9 Å². The zero-order valence-electron chi connectivity index (χ0n) is 17.5. The second-order valence-corrected chi connectivity index (χ2v) is 7.34. The molecule has 0 radical (unpaired) electrons. The van der Waals surface area contributed by atoms with E-state index in [4.69, 9.17) is 10.5 Å². The highest BCUT2D eigenvalue weighted by Gasteiger charge is 2.13. The van der Waals surface area contributed by atoms with Gasteiger partial charge >= 0.3 is 0 Å². The maximum atomic E-state index is 13.3. The van der Waals surface area contributed by atoms with Crippen molar-refractivity contribution in [1.82, 2.24) is 4.98 Å². The molecule has 0 atom stereocenters. The first-order chi connectivity index (χ1) is 15.5. The second kappa shape index (κ2) is 9.31. The highest BCUT2D eigenvalue weighted by Crippen LogP contribution is 2.31. The van der Waals surface area contributed by atoms with E-state index in [2.05, 4.69) is 9.88 Å². The fourth-order valence-corrected chi connectivity index (χ4v) is 3.35. The maximum Gasteiger partial charge on any atom is 0.267 e. The van der Waals surface area contributed by atoms with Gasteiger partial charge in [-0.25, -0.2) is 9.37 Å². The summed E-state index contributed by atoms with van der Waals surface area (Å²) in [7, 11) is 2.00. The lowest BCUT2D eigenvalue weighted by Crippen LogP contribution is -2.16. The lowest BCUT2D eigenvalue weighted by Gasteiger charge is -2.22. The third kappa shape index (κ3) is 4.92. The molecule has 0 aliphatic heterocycles. The van der Waals surface area contributed by atoms with Crippen molar-refractivity contribution in [2.24, 2.45) is 5.73 Å². The number of nitrogens with zero attached hydrogens (tertiary/aromatic N) is 2. The van der Waals surface area contributed by atoms with Crippen LogP contribution < -0.4 is 15.4 Å². The largest absolute Gasteiger partial charge is 0.457 e. The molecule has 0 unspecified atom stereocenters. The molecule has 0 aliphatic rings. The van der Waals surface area contributed by atoms with E-state index >= 15 is 0 Å². The number of carbonyl (C=O) groups excluding carboxylic acids is 1. The number of amides is 1. The van der Waals surface area contributed by atoms with Crippen LogP contribution in [0.2, 0.25) is 0 Å². The van der Waals surface area contributed by atoms with Gasteiger partial charge in [0.2, 0.25) is 0 Å². The number of pyridine rings is 1. The molecule has 0 fully saturated rings. The molecule has 4 rings (SSSR count). The van der Waals surface area contributed by atoms with Gasteiger partial charge in [-0.1, -0.05) is 24.3 Å². The van der Waals surface area contributed by atoms with Crippen LogP contribution in [-0.4, -0.2) is 17.9 Å². The van der Waals surface area contributed by atoms with E-state index in [-0.39, 0.29) is 11.5 Å². The van der Waals surface area contributed by atoms with Crippen molar-refractivity contribution in [2.45, 2.75) is 6.54 Å². The molecule has 0 bridgehead atoms. The average molecular weight is 427 g/mol. The van der Waals surface area contributed by atoms with E-state index in [0.29, 0.717) is 23.7 Å². The lowest BCUT2D eigenvalue weighted by molar-refractivity contribution is 0.0995. The van der Waals surface area contributed by atoms with Gasteiger partial charge in [0.15, 0.2) is 0 Å². The maximum absolute atomic E-state index is 13.3. The molecule has 1 aromatic heterocycles. The summed E-state index contributed by atoms with van der Waals surface area (Å²) < 4.78 is 19.4. The Bertz CT molecular complexity index is 1230. The number of aromatic nitrogens is 1. The van der Waals surface area contributed by atoms with Crippen molar-refractivity contribution in [1.29, 1.82) is 0 Å². The Hall–Kier alpha value is -4.19. The zero-order valence-corrected chi connectivity index (χ0v) is 17.5. The number of hydrogen-bond acceptors (Lipinski definition) is 4. The minimum absolute atomic E-state index is 0.206. The number of anilines is 1. The summed E-state index contributed by atoms with van der Waals surface area (Å²) in [5.41, 5.74) is 9.02. The van der Waals surface area contributed by atoms with Crippen LogP contribution in [0, 0.1) is 5.82 Å². The number of benzene rings is 3. The number of rotatable bonds is 7. The molecule has 2 N–H and O–H groups in total. The first-order valence-corrected chi connectivity index (χ1v) is 10.1. The topological polar surface area (TPSA) is 68.5 Å². The molecule has 0 aliphatic carbocycles. The molecular formula is C26H22FN3O2. The SMILES string of the molecule is CN(Cc1cc(-c2cccc(C(N)=O)n2)ccc1Oc1ccc(F)cc1)c1ccccc1. The summed E-state index contributed by atoms with van der Waals surface area (Å²) >= 11 is 0. The Morgan fingerprint density at radius 2 is 1.72 bits per heavy atom. The Morgan fingerprint density at radius 1 is 0.969 bits per heavy atom. The molecule has 4 aromatic rings. The summed E-state index contributed by atoms with van der Waals surface area (Å²) in [5.74, 6) is 0.287. The van der Waals surface area contributed by atoms with E-state index in [9.17, 15) is 9.18 Å². The minimum Gasteiger partial charge on any atom is -0.457 e. The first kappa shape index (κ1) is 21.1. The monoisotopic (exact) mass is 427 g/mol. The molecule has 1 amide bonds. The molecule has 160 valence electrons. The molecule has 32 heavy (non-hydrogen) atoms. The van der Waals surface area contributed by atoms with Crippen molar-refractivity contribution < 1.29 is 13.9 Å². The third-order valence-corrected chi connectivity index (χ3v) is 5.00. The Morgan fingerprint density at radius 3 is 2.44 bits per heavy atom. The van der Waals surface area contributed by atoms with Gasteiger partial charge in [-0.2, -0.15) is 0 Å². The van der Waals surface area contributed by atoms with Crippen molar-refractivity contribution >= 4 is 11.6 Å². The summed E-state index contributed by atoms with van der Waals surface area (Å²) in [5, 5.41) is 0. The fraction of sp³-hybridized carbons (Fsp3) is 0.0769. The number of ether oxygens (including phenoxy) is 1. The van der Waals surface area contributed by atoms with Gasteiger partial charge in [0.1, 0.15) is 23.0 Å². The van der Waals surface area contributed by atoms with Crippen LogP contribution in [0.5, 0.6) is 11.5 Å². The molecule has 0 saturated heterocycles. The third-order valence-electron chi connectivity index (χ3n) is 5.00. The second-order valence-electron chi connectivity index (χ2n) is 7.34. The molecule has 6 heteroatoms. The van der Waals surface area contributed by atoms with Gasteiger partial charge in [0.25, 0.3) is 5.91 Å². The van der Waals surface area contributed by atoms with Gasteiger partial charge in [0, 0.05) is 30.4 Å². The predicted molar refractivity (Wildman–Crippen MR) is 123 cm³/mol. The zero-order chi connectivity index (χ0) is 22.5. The standard InChI is InChI=1S/C26H22FN3O2/c1-30(21-6-3-2-4-7-21)17-19-16-18(23-8-5-9-24(29-23)26(28)31)10-15-25(19)32-22-13-11-20(27)12-14-22/h2-16H,17H2,1H3,(H2,28,31). The van der Waals surface area contributed by atoms with Crippen LogP contribution in [0.15, 0.2) is 91.0 Å². The molecular weight excluding hydrogens is 405 g/mol. The summed E-state index contributed by atoms with van der Waals surface area (Å²) in [4.78, 5) is 18.0. The van der Waals surface area contributed by atoms with Crippen LogP contribution in [-0.2, 0) is 6.54 Å². The molecule has 1 heterocycles.